The largest absolute Gasteiger partial charge is 0.393 e. The van der Waals surface area contributed by atoms with Crippen LogP contribution in [-0.2, 0) is 17.6 Å². The highest BCUT2D eigenvalue weighted by Crippen LogP contribution is 2.34. The number of hydrogen-bond donors (Lipinski definition) is 3. The SMILES string of the molecule is CNC(=O)C1CCCN(c2nc(Nc3ccc(N)c([N+](=O)[O-])c3)nc3c2CCC3)C1.Cl. The van der Waals surface area contributed by atoms with Crippen molar-refractivity contribution in [1.82, 2.24) is 15.3 Å². The molecule has 0 bridgehead atoms. The van der Waals surface area contributed by atoms with Gasteiger partial charge in [-0.3, -0.25) is 14.9 Å². The number of nitro groups is 1. The molecule has 1 aromatic heterocycles. The van der Waals surface area contributed by atoms with E-state index in [0.717, 1.165) is 55.7 Å². The predicted octanol–water partition coefficient (Wildman–Crippen LogP) is 2.58. The van der Waals surface area contributed by atoms with Crippen molar-refractivity contribution < 1.29 is 9.72 Å². The second kappa shape index (κ2) is 9.34. The number of halogens is 1. The van der Waals surface area contributed by atoms with Gasteiger partial charge in [-0.05, 0) is 44.2 Å². The molecule has 1 fully saturated rings. The molecular formula is C20H26ClN7O3. The zero-order valence-corrected chi connectivity index (χ0v) is 18.1. The maximum absolute atomic E-state index is 12.2. The number of hydrogen-bond acceptors (Lipinski definition) is 8. The molecule has 0 saturated carbocycles. The molecule has 1 aromatic carbocycles. The minimum Gasteiger partial charge on any atom is -0.393 e. The Kier molecular flexibility index (Phi) is 6.79. The molecule has 166 valence electrons. The van der Waals surface area contributed by atoms with E-state index in [-0.39, 0.29) is 35.6 Å². The van der Waals surface area contributed by atoms with Crippen LogP contribution in [0.15, 0.2) is 18.2 Å². The fourth-order valence-corrected chi connectivity index (χ4v) is 4.23. The number of nitrogens with zero attached hydrogens (tertiary/aromatic N) is 4. The number of rotatable bonds is 5. The van der Waals surface area contributed by atoms with Gasteiger partial charge in [-0.25, -0.2) is 4.98 Å². The average molecular weight is 448 g/mol. The van der Waals surface area contributed by atoms with Gasteiger partial charge in [0.1, 0.15) is 11.5 Å². The number of nitro benzene ring substituents is 1. The van der Waals surface area contributed by atoms with E-state index < -0.39 is 4.92 Å². The molecule has 1 atom stereocenters. The van der Waals surface area contributed by atoms with Crippen molar-refractivity contribution in [3.05, 3.63) is 39.6 Å². The van der Waals surface area contributed by atoms with E-state index in [2.05, 4.69) is 20.5 Å². The van der Waals surface area contributed by atoms with Gasteiger partial charge in [-0.2, -0.15) is 4.98 Å². The van der Waals surface area contributed by atoms with Gasteiger partial charge in [0, 0.05) is 37.5 Å². The summed E-state index contributed by atoms with van der Waals surface area (Å²) in [6, 6.07) is 4.54. The maximum Gasteiger partial charge on any atom is 0.294 e. The molecule has 4 N–H and O–H groups in total. The number of nitrogens with one attached hydrogen (secondary N) is 2. The Bertz CT molecular complexity index is 1000. The highest BCUT2D eigenvalue weighted by molar-refractivity contribution is 5.85. The fraction of sp³-hybridized carbons (Fsp3) is 0.450. The van der Waals surface area contributed by atoms with Crippen molar-refractivity contribution >= 4 is 47.1 Å². The number of carbonyl (C=O) groups excluding carboxylic acids is 1. The quantitative estimate of drug-likeness (QED) is 0.361. The average Bonchev–Trinajstić information content (AvgIpc) is 3.22. The monoisotopic (exact) mass is 447 g/mol. The lowest BCUT2D eigenvalue weighted by Crippen LogP contribution is -2.43. The smallest absolute Gasteiger partial charge is 0.294 e. The van der Waals surface area contributed by atoms with Crippen molar-refractivity contribution in [3.8, 4) is 0 Å². The van der Waals surface area contributed by atoms with Gasteiger partial charge < -0.3 is 21.3 Å². The summed E-state index contributed by atoms with van der Waals surface area (Å²) in [7, 11) is 1.66. The third-order valence-electron chi connectivity index (χ3n) is 5.73. The number of nitrogen functional groups attached to an aromatic ring is 1. The summed E-state index contributed by atoms with van der Waals surface area (Å²) in [6.07, 6.45) is 4.58. The van der Waals surface area contributed by atoms with E-state index in [1.165, 1.54) is 12.1 Å². The first kappa shape index (κ1) is 22.5. The van der Waals surface area contributed by atoms with E-state index in [9.17, 15) is 14.9 Å². The van der Waals surface area contributed by atoms with Crippen molar-refractivity contribution in [2.24, 2.45) is 5.92 Å². The van der Waals surface area contributed by atoms with E-state index in [1.54, 1.807) is 13.1 Å². The van der Waals surface area contributed by atoms with Gasteiger partial charge >= 0.3 is 0 Å². The molecule has 1 unspecified atom stereocenters. The van der Waals surface area contributed by atoms with Crippen LogP contribution in [-0.4, -0.2) is 40.9 Å². The lowest BCUT2D eigenvalue weighted by Gasteiger charge is -2.34. The Balaban J connectivity index is 0.00000272. The van der Waals surface area contributed by atoms with Crippen LogP contribution in [0.3, 0.4) is 0 Å². The van der Waals surface area contributed by atoms with Crippen molar-refractivity contribution in [1.29, 1.82) is 0 Å². The molecular weight excluding hydrogens is 422 g/mol. The summed E-state index contributed by atoms with van der Waals surface area (Å²) >= 11 is 0. The number of piperidine rings is 1. The summed E-state index contributed by atoms with van der Waals surface area (Å²) < 4.78 is 0. The Morgan fingerprint density at radius 2 is 2.10 bits per heavy atom. The van der Waals surface area contributed by atoms with E-state index >= 15 is 0 Å². The van der Waals surface area contributed by atoms with E-state index in [1.807, 2.05) is 0 Å². The van der Waals surface area contributed by atoms with Gasteiger partial charge in [0.25, 0.3) is 5.69 Å². The van der Waals surface area contributed by atoms with Crippen molar-refractivity contribution in [3.63, 3.8) is 0 Å². The van der Waals surface area contributed by atoms with Crippen LogP contribution in [0.25, 0.3) is 0 Å². The van der Waals surface area contributed by atoms with Crippen LogP contribution in [0.5, 0.6) is 0 Å². The first-order valence-corrected chi connectivity index (χ1v) is 10.1. The molecule has 2 aromatic rings. The lowest BCUT2D eigenvalue weighted by molar-refractivity contribution is -0.383. The third-order valence-corrected chi connectivity index (χ3v) is 5.73. The molecule has 31 heavy (non-hydrogen) atoms. The number of nitrogens with two attached hydrogens (primary N) is 1. The fourth-order valence-electron chi connectivity index (χ4n) is 4.23. The summed E-state index contributed by atoms with van der Waals surface area (Å²) in [5.74, 6) is 1.25. The standard InChI is InChI=1S/C20H25N7O3.ClH/c1-22-19(28)12-4-3-9-26(11-12)18-14-5-2-6-16(14)24-20(25-18)23-13-7-8-15(21)17(10-13)27(29)30;/h7-8,10,12H,2-6,9,11,21H2,1H3,(H,22,28)(H,23,24,25);1H. The number of aromatic nitrogens is 2. The minimum atomic E-state index is -0.512. The molecule has 1 amide bonds. The van der Waals surface area contributed by atoms with E-state index in [0.29, 0.717) is 18.2 Å². The molecule has 2 aliphatic rings. The molecule has 10 nitrogen and oxygen atoms in total. The molecule has 4 rings (SSSR count). The number of anilines is 4. The molecule has 1 aliphatic carbocycles. The van der Waals surface area contributed by atoms with Gasteiger partial charge in [0.15, 0.2) is 0 Å². The second-order valence-electron chi connectivity index (χ2n) is 7.70. The van der Waals surface area contributed by atoms with Gasteiger partial charge in [0.2, 0.25) is 11.9 Å². The number of carbonyl (C=O) groups is 1. The van der Waals surface area contributed by atoms with Crippen LogP contribution in [0.1, 0.15) is 30.5 Å². The molecule has 0 spiro atoms. The Labute approximate surface area is 186 Å². The van der Waals surface area contributed by atoms with Gasteiger partial charge in [0.05, 0.1) is 16.5 Å². The molecule has 11 heteroatoms. The van der Waals surface area contributed by atoms with Crippen LogP contribution in [0.2, 0.25) is 0 Å². The minimum absolute atomic E-state index is 0. The summed E-state index contributed by atoms with van der Waals surface area (Å²) in [6.45, 7) is 1.46. The van der Waals surface area contributed by atoms with Crippen LogP contribution in [0.4, 0.5) is 28.8 Å². The van der Waals surface area contributed by atoms with Crippen LogP contribution in [0, 0.1) is 16.0 Å². The first-order valence-electron chi connectivity index (χ1n) is 10.1. The second-order valence-corrected chi connectivity index (χ2v) is 7.70. The molecule has 0 radical (unpaired) electrons. The van der Waals surface area contributed by atoms with Gasteiger partial charge in [-0.1, -0.05) is 0 Å². The third kappa shape index (κ3) is 4.63. The Morgan fingerprint density at radius 3 is 2.84 bits per heavy atom. The number of fused-ring (bicyclic) bond motifs is 1. The molecule has 1 aliphatic heterocycles. The topological polar surface area (TPSA) is 139 Å². The normalized spacial score (nSPS) is 17.5. The van der Waals surface area contributed by atoms with Crippen molar-refractivity contribution in [2.75, 3.05) is 36.1 Å². The zero-order chi connectivity index (χ0) is 21.3. The predicted molar refractivity (Wildman–Crippen MR) is 121 cm³/mol. The number of amides is 1. The lowest BCUT2D eigenvalue weighted by atomic mass is 9.97. The summed E-state index contributed by atoms with van der Waals surface area (Å²) in [5.41, 5.74) is 8.27. The highest BCUT2D eigenvalue weighted by atomic mass is 35.5. The summed E-state index contributed by atoms with van der Waals surface area (Å²) in [5, 5.41) is 17.0. The molecule has 2 heterocycles. The van der Waals surface area contributed by atoms with Crippen LogP contribution < -0.4 is 21.3 Å². The highest BCUT2D eigenvalue weighted by Gasteiger charge is 2.29. The Morgan fingerprint density at radius 1 is 1.29 bits per heavy atom. The zero-order valence-electron chi connectivity index (χ0n) is 17.3. The van der Waals surface area contributed by atoms with Gasteiger partial charge in [-0.15, -0.1) is 12.4 Å². The maximum atomic E-state index is 12.2. The van der Waals surface area contributed by atoms with E-state index in [4.69, 9.17) is 10.7 Å². The van der Waals surface area contributed by atoms with Crippen LogP contribution >= 0.6 is 12.4 Å². The first-order chi connectivity index (χ1) is 14.5. The summed E-state index contributed by atoms with van der Waals surface area (Å²) in [4.78, 5) is 34.4. The molecule has 1 saturated heterocycles. The number of benzene rings is 1. The Hall–Kier alpha value is -3.14. The number of aryl methyl sites for hydroxylation is 1. The van der Waals surface area contributed by atoms with Crippen molar-refractivity contribution in [2.45, 2.75) is 32.1 Å².